The van der Waals surface area contributed by atoms with Gasteiger partial charge in [0.05, 0.1) is 25.2 Å². The van der Waals surface area contributed by atoms with Crippen molar-refractivity contribution in [2.45, 2.75) is 12.5 Å². The summed E-state index contributed by atoms with van der Waals surface area (Å²) in [4.78, 5) is 15.1. The lowest BCUT2D eigenvalue weighted by Crippen LogP contribution is -2.55. The molecule has 2 aliphatic heterocycles. The molecule has 2 heterocycles. The van der Waals surface area contributed by atoms with E-state index < -0.39 is 0 Å². The van der Waals surface area contributed by atoms with Crippen LogP contribution in [-0.2, 0) is 16.0 Å². The highest BCUT2D eigenvalue weighted by Gasteiger charge is 2.39. The number of nitrogens with one attached hydrogen (secondary N) is 1. The van der Waals surface area contributed by atoms with Crippen LogP contribution in [-0.4, -0.2) is 31.7 Å². The Balaban J connectivity index is 1.60. The fraction of sp³-hybridized carbons (Fsp3) is 0.316. The van der Waals surface area contributed by atoms with Gasteiger partial charge in [0.1, 0.15) is 5.82 Å². The quantitative estimate of drug-likeness (QED) is 0.923. The van der Waals surface area contributed by atoms with Crippen molar-refractivity contribution in [3.63, 3.8) is 0 Å². The van der Waals surface area contributed by atoms with Gasteiger partial charge >= 0.3 is 0 Å². The van der Waals surface area contributed by atoms with Crippen molar-refractivity contribution in [1.29, 1.82) is 0 Å². The minimum atomic E-state index is -0.313. The van der Waals surface area contributed by atoms with Crippen LogP contribution in [0.1, 0.15) is 5.56 Å². The van der Waals surface area contributed by atoms with Gasteiger partial charge in [-0.1, -0.05) is 18.2 Å². The van der Waals surface area contributed by atoms with Crippen molar-refractivity contribution in [1.82, 2.24) is 0 Å². The van der Waals surface area contributed by atoms with Crippen LogP contribution in [0.3, 0.4) is 0 Å². The average Bonchev–Trinajstić information content (AvgIpc) is 2.63. The summed E-state index contributed by atoms with van der Waals surface area (Å²) in [5.41, 5.74) is 3.01. The van der Waals surface area contributed by atoms with E-state index in [0.29, 0.717) is 25.3 Å². The summed E-state index contributed by atoms with van der Waals surface area (Å²) in [6, 6.07) is 14.1. The summed E-state index contributed by atoms with van der Waals surface area (Å²) in [6.45, 7) is 2.02. The van der Waals surface area contributed by atoms with Gasteiger partial charge in [0.25, 0.3) is 0 Å². The number of hydrogen-bond acceptors (Lipinski definition) is 3. The number of carbonyl (C=O) groups is 1. The van der Waals surface area contributed by atoms with Crippen LogP contribution in [0.5, 0.6) is 0 Å². The number of rotatable bonds is 2. The van der Waals surface area contributed by atoms with E-state index >= 15 is 0 Å². The molecule has 1 fully saturated rings. The minimum absolute atomic E-state index is 0.0362. The number of benzene rings is 2. The Kier molecular flexibility index (Phi) is 3.94. The molecule has 2 aliphatic rings. The Morgan fingerprint density at radius 1 is 1.17 bits per heavy atom. The molecule has 2 aromatic rings. The van der Waals surface area contributed by atoms with E-state index in [1.807, 2.05) is 12.1 Å². The van der Waals surface area contributed by atoms with Crippen molar-refractivity contribution in [2.75, 3.05) is 30.0 Å². The molecular weight excluding hydrogens is 307 g/mol. The minimum Gasteiger partial charge on any atom is -0.377 e. The van der Waals surface area contributed by atoms with Crippen molar-refractivity contribution in [3.05, 3.63) is 59.9 Å². The lowest BCUT2D eigenvalue weighted by Gasteiger charge is -2.45. The molecule has 2 unspecified atom stereocenters. The summed E-state index contributed by atoms with van der Waals surface area (Å²) < 4.78 is 18.7. The molecule has 0 spiro atoms. The van der Waals surface area contributed by atoms with Gasteiger partial charge in [-0.15, -0.1) is 0 Å². The van der Waals surface area contributed by atoms with Gasteiger partial charge in [-0.3, -0.25) is 4.79 Å². The molecule has 124 valence electrons. The van der Waals surface area contributed by atoms with Crippen molar-refractivity contribution in [3.8, 4) is 0 Å². The van der Waals surface area contributed by atoms with Crippen molar-refractivity contribution in [2.24, 2.45) is 5.92 Å². The van der Waals surface area contributed by atoms with Gasteiger partial charge in [-0.25, -0.2) is 4.39 Å². The lowest BCUT2D eigenvalue weighted by atomic mass is 9.84. The maximum atomic E-state index is 13.0. The molecule has 1 N–H and O–H groups in total. The molecular formula is C19H19FN2O2. The third kappa shape index (κ3) is 2.76. The molecule has 2 atom stereocenters. The van der Waals surface area contributed by atoms with Crippen LogP contribution in [0, 0.1) is 11.7 Å². The van der Waals surface area contributed by atoms with E-state index in [-0.39, 0.29) is 23.7 Å². The average molecular weight is 326 g/mol. The first-order valence-corrected chi connectivity index (χ1v) is 8.21. The lowest BCUT2D eigenvalue weighted by molar-refractivity contribution is -0.121. The second kappa shape index (κ2) is 6.24. The van der Waals surface area contributed by atoms with Crippen LogP contribution >= 0.6 is 0 Å². The monoisotopic (exact) mass is 326 g/mol. The Bertz CT molecular complexity index is 747. The molecule has 5 heteroatoms. The largest absolute Gasteiger partial charge is 0.377 e. The van der Waals surface area contributed by atoms with Crippen molar-refractivity contribution >= 4 is 17.3 Å². The van der Waals surface area contributed by atoms with Crippen molar-refractivity contribution < 1.29 is 13.9 Å². The summed E-state index contributed by atoms with van der Waals surface area (Å²) in [7, 11) is 0. The second-order valence-electron chi connectivity index (χ2n) is 6.27. The number of hydrogen-bond donors (Lipinski definition) is 1. The number of fused-ring (bicyclic) bond motifs is 3. The zero-order valence-corrected chi connectivity index (χ0v) is 13.2. The van der Waals surface area contributed by atoms with E-state index in [1.165, 1.54) is 23.4 Å². The molecule has 4 rings (SSSR count). The summed E-state index contributed by atoms with van der Waals surface area (Å²) in [6.07, 6.45) is 0.688. The van der Waals surface area contributed by atoms with Crippen LogP contribution < -0.4 is 10.2 Å². The Hall–Kier alpha value is -2.40. The van der Waals surface area contributed by atoms with Gasteiger partial charge in [-0.2, -0.15) is 0 Å². The molecule has 4 nitrogen and oxygen atoms in total. The first-order valence-electron chi connectivity index (χ1n) is 8.21. The zero-order chi connectivity index (χ0) is 16.5. The normalized spacial score (nSPS) is 22.5. The smallest absolute Gasteiger partial charge is 0.229 e. The van der Waals surface area contributed by atoms with E-state index in [0.717, 1.165) is 6.54 Å². The second-order valence-corrected chi connectivity index (χ2v) is 6.27. The number of morpholine rings is 1. The maximum absolute atomic E-state index is 13.0. The van der Waals surface area contributed by atoms with E-state index in [9.17, 15) is 9.18 Å². The number of anilines is 2. The highest BCUT2D eigenvalue weighted by molar-refractivity contribution is 5.94. The molecule has 0 aromatic heterocycles. The number of carbonyl (C=O) groups excluding carboxylic acids is 1. The molecule has 0 radical (unpaired) electrons. The van der Waals surface area contributed by atoms with E-state index in [2.05, 4.69) is 22.3 Å². The topological polar surface area (TPSA) is 41.6 Å². The van der Waals surface area contributed by atoms with Gasteiger partial charge < -0.3 is 15.0 Å². The predicted octanol–water partition coefficient (Wildman–Crippen LogP) is 2.84. The summed E-state index contributed by atoms with van der Waals surface area (Å²) >= 11 is 0. The number of nitrogens with zero attached hydrogens (tertiary/aromatic N) is 1. The molecule has 1 saturated heterocycles. The van der Waals surface area contributed by atoms with Gasteiger partial charge in [-0.05, 0) is 42.3 Å². The number of para-hydroxylation sites is 1. The van der Waals surface area contributed by atoms with E-state index in [1.54, 1.807) is 12.1 Å². The standard InChI is InChI=1S/C19H19FN2O2/c20-14-5-7-15(8-6-14)21-19(23)16-11-13-3-1-2-4-17(13)22-9-10-24-12-18(16)22/h1-8,16,18H,9-12H2,(H,21,23). The predicted molar refractivity (Wildman–Crippen MR) is 90.6 cm³/mol. The Morgan fingerprint density at radius 2 is 1.96 bits per heavy atom. The van der Waals surface area contributed by atoms with Gasteiger partial charge in [0.15, 0.2) is 0 Å². The SMILES string of the molecule is O=C(Nc1ccc(F)cc1)C1Cc2ccccc2N2CCOCC12. The summed E-state index contributed by atoms with van der Waals surface area (Å²) in [5, 5.41) is 2.91. The van der Waals surface area contributed by atoms with Crippen LogP contribution in [0.4, 0.5) is 15.8 Å². The summed E-state index contributed by atoms with van der Waals surface area (Å²) in [5.74, 6) is -0.548. The molecule has 0 bridgehead atoms. The van der Waals surface area contributed by atoms with Gasteiger partial charge in [0, 0.05) is 17.9 Å². The van der Waals surface area contributed by atoms with Gasteiger partial charge in [0.2, 0.25) is 5.91 Å². The van der Waals surface area contributed by atoms with Crippen LogP contribution in [0.25, 0.3) is 0 Å². The number of ether oxygens (including phenoxy) is 1. The molecule has 0 saturated carbocycles. The maximum Gasteiger partial charge on any atom is 0.229 e. The first-order chi connectivity index (χ1) is 11.7. The molecule has 2 aromatic carbocycles. The fourth-order valence-electron chi connectivity index (χ4n) is 3.63. The third-order valence-electron chi connectivity index (χ3n) is 4.82. The Labute approximate surface area is 140 Å². The highest BCUT2D eigenvalue weighted by atomic mass is 19.1. The molecule has 1 amide bonds. The van der Waals surface area contributed by atoms with Crippen LogP contribution in [0.15, 0.2) is 48.5 Å². The zero-order valence-electron chi connectivity index (χ0n) is 13.2. The first kappa shape index (κ1) is 15.1. The number of halogens is 1. The Morgan fingerprint density at radius 3 is 2.79 bits per heavy atom. The number of amides is 1. The molecule has 24 heavy (non-hydrogen) atoms. The van der Waals surface area contributed by atoms with Crippen LogP contribution in [0.2, 0.25) is 0 Å². The third-order valence-corrected chi connectivity index (χ3v) is 4.82. The fourth-order valence-corrected chi connectivity index (χ4v) is 3.63. The van der Waals surface area contributed by atoms with E-state index in [4.69, 9.17) is 4.74 Å². The molecule has 0 aliphatic carbocycles. The highest BCUT2D eigenvalue weighted by Crippen LogP contribution is 2.35.